The number of aliphatic hydroxyl groups excluding tert-OH is 1. The number of hydrogen-bond donors (Lipinski definition) is 2. The first-order chi connectivity index (χ1) is 7.76. The van der Waals surface area contributed by atoms with Gasteiger partial charge in [-0.2, -0.15) is 0 Å². The maximum absolute atomic E-state index is 9.16. The van der Waals surface area contributed by atoms with Crippen molar-refractivity contribution in [3.63, 3.8) is 0 Å². The first kappa shape index (κ1) is 12.8. The van der Waals surface area contributed by atoms with E-state index in [-0.39, 0.29) is 12.5 Å². The third-order valence-corrected chi connectivity index (χ3v) is 2.46. The predicted octanol–water partition coefficient (Wildman–Crippen LogP) is 1.13. The van der Waals surface area contributed by atoms with Crippen molar-refractivity contribution >= 4 is 0 Å². The molecule has 0 saturated carbocycles. The molecule has 0 amide bonds. The third kappa shape index (κ3) is 2.87. The standard InChI is InChI=1S/C12H19NO3/c1-3-16-11-5-4-9(6-12(11)15-2)10(7-13)8-14/h4-6,10,14H,3,7-8,13H2,1-2H3. The van der Waals surface area contributed by atoms with Gasteiger partial charge in [-0.3, -0.25) is 0 Å². The molecule has 1 aromatic carbocycles. The number of ether oxygens (including phenoxy) is 2. The van der Waals surface area contributed by atoms with Crippen LogP contribution in [0.4, 0.5) is 0 Å². The highest BCUT2D eigenvalue weighted by Crippen LogP contribution is 2.30. The van der Waals surface area contributed by atoms with E-state index in [2.05, 4.69) is 0 Å². The number of hydrogen-bond acceptors (Lipinski definition) is 4. The Morgan fingerprint density at radius 1 is 1.38 bits per heavy atom. The highest BCUT2D eigenvalue weighted by atomic mass is 16.5. The Bertz CT molecular complexity index is 324. The fourth-order valence-electron chi connectivity index (χ4n) is 1.53. The molecule has 1 aromatic rings. The zero-order valence-corrected chi connectivity index (χ0v) is 9.77. The van der Waals surface area contributed by atoms with E-state index in [1.54, 1.807) is 7.11 Å². The van der Waals surface area contributed by atoms with Crippen LogP contribution in [0.15, 0.2) is 18.2 Å². The first-order valence-corrected chi connectivity index (χ1v) is 5.38. The molecule has 0 aromatic heterocycles. The second-order valence-corrected chi connectivity index (χ2v) is 3.46. The van der Waals surface area contributed by atoms with E-state index >= 15 is 0 Å². The number of methoxy groups -OCH3 is 1. The maximum atomic E-state index is 9.16. The maximum Gasteiger partial charge on any atom is 0.161 e. The first-order valence-electron chi connectivity index (χ1n) is 5.38. The molecule has 0 fully saturated rings. The van der Waals surface area contributed by atoms with Gasteiger partial charge in [0.2, 0.25) is 0 Å². The topological polar surface area (TPSA) is 64.7 Å². The summed E-state index contributed by atoms with van der Waals surface area (Å²) >= 11 is 0. The van der Waals surface area contributed by atoms with Crippen LogP contribution in [0, 0.1) is 0 Å². The van der Waals surface area contributed by atoms with E-state index < -0.39 is 0 Å². The van der Waals surface area contributed by atoms with Crippen molar-refractivity contribution in [1.29, 1.82) is 0 Å². The van der Waals surface area contributed by atoms with E-state index in [4.69, 9.17) is 20.3 Å². The van der Waals surface area contributed by atoms with Gasteiger partial charge in [-0.05, 0) is 24.6 Å². The highest BCUT2D eigenvalue weighted by Gasteiger charge is 2.12. The summed E-state index contributed by atoms with van der Waals surface area (Å²) < 4.78 is 10.6. The molecule has 90 valence electrons. The van der Waals surface area contributed by atoms with Gasteiger partial charge in [-0.1, -0.05) is 6.07 Å². The van der Waals surface area contributed by atoms with Crippen LogP contribution in [-0.4, -0.2) is 32.0 Å². The molecule has 0 heterocycles. The van der Waals surface area contributed by atoms with Crippen molar-refractivity contribution < 1.29 is 14.6 Å². The number of benzene rings is 1. The molecule has 0 radical (unpaired) electrons. The van der Waals surface area contributed by atoms with Crippen molar-refractivity contribution in [3.05, 3.63) is 23.8 Å². The fraction of sp³-hybridized carbons (Fsp3) is 0.500. The Hall–Kier alpha value is -1.26. The second kappa shape index (κ2) is 6.35. The lowest BCUT2D eigenvalue weighted by Crippen LogP contribution is -2.16. The Kier molecular flexibility index (Phi) is 5.08. The molecule has 16 heavy (non-hydrogen) atoms. The average molecular weight is 225 g/mol. The minimum absolute atomic E-state index is 0.0354. The van der Waals surface area contributed by atoms with Crippen LogP contribution in [0.1, 0.15) is 18.4 Å². The smallest absolute Gasteiger partial charge is 0.161 e. The molecule has 0 bridgehead atoms. The van der Waals surface area contributed by atoms with Crippen molar-refractivity contribution in [2.75, 3.05) is 26.9 Å². The molecular formula is C12H19NO3. The van der Waals surface area contributed by atoms with Gasteiger partial charge >= 0.3 is 0 Å². The quantitative estimate of drug-likeness (QED) is 0.761. The molecule has 1 atom stereocenters. The monoisotopic (exact) mass is 225 g/mol. The molecule has 4 heteroatoms. The van der Waals surface area contributed by atoms with Gasteiger partial charge in [0.15, 0.2) is 11.5 Å². The normalized spacial score (nSPS) is 12.2. The van der Waals surface area contributed by atoms with E-state index in [0.29, 0.717) is 24.7 Å². The Labute approximate surface area is 96.0 Å². The molecule has 0 aliphatic carbocycles. The molecule has 3 N–H and O–H groups in total. The van der Waals surface area contributed by atoms with Crippen LogP contribution in [0.5, 0.6) is 11.5 Å². The summed E-state index contributed by atoms with van der Waals surface area (Å²) in [5.74, 6) is 1.33. The molecule has 0 saturated heterocycles. The second-order valence-electron chi connectivity index (χ2n) is 3.46. The summed E-state index contributed by atoms with van der Waals surface area (Å²) in [6, 6.07) is 5.61. The average Bonchev–Trinajstić information content (AvgIpc) is 2.32. The molecule has 0 aliphatic heterocycles. The SMILES string of the molecule is CCOc1ccc(C(CN)CO)cc1OC. The van der Waals surface area contributed by atoms with Crippen molar-refractivity contribution in [3.8, 4) is 11.5 Å². The van der Waals surface area contributed by atoms with Gasteiger partial charge < -0.3 is 20.3 Å². The van der Waals surface area contributed by atoms with Crippen LogP contribution in [0.25, 0.3) is 0 Å². The summed E-state index contributed by atoms with van der Waals surface area (Å²) in [6.07, 6.45) is 0. The summed E-state index contributed by atoms with van der Waals surface area (Å²) in [5.41, 5.74) is 6.53. The van der Waals surface area contributed by atoms with E-state index in [1.807, 2.05) is 25.1 Å². The van der Waals surface area contributed by atoms with Crippen LogP contribution >= 0.6 is 0 Å². The van der Waals surface area contributed by atoms with E-state index in [0.717, 1.165) is 5.56 Å². The number of rotatable bonds is 6. The lowest BCUT2D eigenvalue weighted by atomic mass is 10.00. The minimum Gasteiger partial charge on any atom is -0.493 e. The molecule has 1 unspecified atom stereocenters. The summed E-state index contributed by atoms with van der Waals surface area (Å²) in [6.45, 7) is 2.96. The molecular weight excluding hydrogens is 206 g/mol. The third-order valence-electron chi connectivity index (χ3n) is 2.46. The van der Waals surface area contributed by atoms with Gasteiger partial charge in [0, 0.05) is 12.5 Å². The predicted molar refractivity (Wildman–Crippen MR) is 63.0 cm³/mol. The lowest BCUT2D eigenvalue weighted by Gasteiger charge is -2.15. The van der Waals surface area contributed by atoms with Gasteiger partial charge in [0.1, 0.15) is 0 Å². The van der Waals surface area contributed by atoms with Gasteiger partial charge in [0.25, 0.3) is 0 Å². The summed E-state index contributed by atoms with van der Waals surface area (Å²) in [4.78, 5) is 0. The zero-order valence-electron chi connectivity index (χ0n) is 9.77. The summed E-state index contributed by atoms with van der Waals surface area (Å²) in [7, 11) is 1.60. The van der Waals surface area contributed by atoms with Gasteiger partial charge in [-0.25, -0.2) is 0 Å². The van der Waals surface area contributed by atoms with Gasteiger partial charge in [-0.15, -0.1) is 0 Å². The van der Waals surface area contributed by atoms with Crippen molar-refractivity contribution in [2.45, 2.75) is 12.8 Å². The highest BCUT2D eigenvalue weighted by molar-refractivity contribution is 5.44. The Morgan fingerprint density at radius 3 is 2.62 bits per heavy atom. The van der Waals surface area contributed by atoms with Gasteiger partial charge in [0.05, 0.1) is 20.3 Å². The molecule has 4 nitrogen and oxygen atoms in total. The minimum atomic E-state index is -0.0513. The fourth-order valence-corrected chi connectivity index (χ4v) is 1.53. The number of aliphatic hydroxyl groups is 1. The Morgan fingerprint density at radius 2 is 2.12 bits per heavy atom. The van der Waals surface area contributed by atoms with Crippen molar-refractivity contribution in [2.24, 2.45) is 5.73 Å². The van der Waals surface area contributed by atoms with Crippen LogP contribution < -0.4 is 15.2 Å². The largest absolute Gasteiger partial charge is 0.493 e. The molecule has 1 rings (SSSR count). The van der Waals surface area contributed by atoms with Crippen LogP contribution in [0.3, 0.4) is 0 Å². The zero-order chi connectivity index (χ0) is 12.0. The van der Waals surface area contributed by atoms with Crippen molar-refractivity contribution in [1.82, 2.24) is 0 Å². The molecule has 0 aliphatic rings. The lowest BCUT2D eigenvalue weighted by molar-refractivity contribution is 0.267. The Balaban J connectivity index is 2.98. The number of nitrogens with two attached hydrogens (primary N) is 1. The molecule has 0 spiro atoms. The van der Waals surface area contributed by atoms with Crippen LogP contribution in [0.2, 0.25) is 0 Å². The van der Waals surface area contributed by atoms with E-state index in [9.17, 15) is 0 Å². The van der Waals surface area contributed by atoms with E-state index in [1.165, 1.54) is 0 Å². The van der Waals surface area contributed by atoms with Crippen LogP contribution in [-0.2, 0) is 0 Å². The summed E-state index contributed by atoms with van der Waals surface area (Å²) in [5, 5.41) is 9.16.